The molecule has 2 nitrogen and oxygen atoms in total. The molecule has 2 atom stereocenters. The lowest BCUT2D eigenvalue weighted by Crippen LogP contribution is -2.44. The summed E-state index contributed by atoms with van der Waals surface area (Å²) in [4.78, 5) is 2.65. The van der Waals surface area contributed by atoms with Crippen LogP contribution >= 0.6 is 0 Å². The van der Waals surface area contributed by atoms with Crippen molar-refractivity contribution in [3.63, 3.8) is 0 Å². The van der Waals surface area contributed by atoms with Gasteiger partial charge in [-0.1, -0.05) is 49.4 Å². The fraction of sp³-hybridized carbons (Fsp3) is 0.400. The molecule has 0 aromatic heterocycles. The van der Waals surface area contributed by atoms with Crippen molar-refractivity contribution in [2.75, 3.05) is 18.0 Å². The van der Waals surface area contributed by atoms with Gasteiger partial charge in [0.15, 0.2) is 0 Å². The monoisotopic (exact) mass is 292 g/mol. The molecule has 0 aliphatic carbocycles. The molecule has 2 heteroatoms. The van der Waals surface area contributed by atoms with Crippen molar-refractivity contribution < 1.29 is 0 Å². The van der Waals surface area contributed by atoms with Crippen molar-refractivity contribution in [2.24, 2.45) is 0 Å². The van der Waals surface area contributed by atoms with Crippen LogP contribution in [-0.2, 0) is 6.42 Å². The number of hydrogen-bond acceptors (Lipinski definition) is 2. The molecule has 2 aliphatic rings. The van der Waals surface area contributed by atoms with Gasteiger partial charge in [0.05, 0.1) is 6.04 Å². The Balaban J connectivity index is 1.80. The van der Waals surface area contributed by atoms with E-state index in [1.807, 2.05) is 0 Å². The summed E-state index contributed by atoms with van der Waals surface area (Å²) >= 11 is 0. The minimum absolute atomic E-state index is 0.512. The quantitative estimate of drug-likeness (QED) is 0.903. The van der Waals surface area contributed by atoms with E-state index < -0.39 is 0 Å². The average molecular weight is 292 g/mol. The van der Waals surface area contributed by atoms with Crippen LogP contribution < -0.4 is 10.2 Å². The molecule has 0 saturated carbocycles. The number of para-hydroxylation sites is 1. The topological polar surface area (TPSA) is 15.3 Å². The van der Waals surface area contributed by atoms with Gasteiger partial charge < -0.3 is 10.2 Å². The van der Waals surface area contributed by atoms with E-state index in [4.69, 9.17) is 0 Å². The summed E-state index contributed by atoms with van der Waals surface area (Å²) in [6.07, 6.45) is 3.51. The van der Waals surface area contributed by atoms with Gasteiger partial charge in [-0.15, -0.1) is 0 Å². The van der Waals surface area contributed by atoms with Gasteiger partial charge in [-0.2, -0.15) is 0 Å². The van der Waals surface area contributed by atoms with Crippen LogP contribution in [0.5, 0.6) is 0 Å². The maximum atomic E-state index is 3.67. The minimum Gasteiger partial charge on any atom is -0.364 e. The van der Waals surface area contributed by atoms with Crippen LogP contribution in [0, 0.1) is 0 Å². The zero-order chi connectivity index (χ0) is 14.9. The molecule has 1 saturated heterocycles. The van der Waals surface area contributed by atoms with Gasteiger partial charge in [0, 0.05) is 18.3 Å². The number of rotatable bonds is 2. The van der Waals surface area contributed by atoms with E-state index in [1.54, 1.807) is 0 Å². The zero-order valence-corrected chi connectivity index (χ0v) is 13.3. The minimum atomic E-state index is 0.512. The van der Waals surface area contributed by atoms with Crippen molar-refractivity contribution in [1.29, 1.82) is 0 Å². The predicted molar refractivity (Wildman–Crippen MR) is 92.5 cm³/mol. The summed E-state index contributed by atoms with van der Waals surface area (Å²) in [5, 5.41) is 3.67. The summed E-state index contributed by atoms with van der Waals surface area (Å²) < 4.78 is 0. The van der Waals surface area contributed by atoms with Crippen LogP contribution in [0.1, 0.15) is 42.5 Å². The van der Waals surface area contributed by atoms with Crippen LogP contribution in [0.3, 0.4) is 0 Å². The molecule has 0 radical (unpaired) electrons. The lowest BCUT2D eigenvalue weighted by molar-refractivity contribution is 0.366. The predicted octanol–water partition coefficient (Wildman–Crippen LogP) is 3.91. The highest BCUT2D eigenvalue weighted by atomic mass is 15.2. The highest BCUT2D eigenvalue weighted by molar-refractivity contribution is 5.60. The van der Waals surface area contributed by atoms with Crippen LogP contribution in [-0.4, -0.2) is 19.1 Å². The Kier molecular flexibility index (Phi) is 3.63. The zero-order valence-electron chi connectivity index (χ0n) is 13.3. The second kappa shape index (κ2) is 5.77. The first kappa shape index (κ1) is 13.8. The van der Waals surface area contributed by atoms with E-state index in [-0.39, 0.29) is 0 Å². The van der Waals surface area contributed by atoms with Crippen LogP contribution in [0.4, 0.5) is 5.69 Å². The van der Waals surface area contributed by atoms with Crippen molar-refractivity contribution in [1.82, 2.24) is 5.32 Å². The van der Waals surface area contributed by atoms with E-state index in [2.05, 4.69) is 65.7 Å². The Morgan fingerprint density at radius 2 is 1.82 bits per heavy atom. The van der Waals surface area contributed by atoms with E-state index in [9.17, 15) is 0 Å². The second-order valence-corrected chi connectivity index (χ2v) is 6.49. The number of anilines is 1. The summed E-state index contributed by atoms with van der Waals surface area (Å²) in [6, 6.07) is 19.1. The molecule has 2 aromatic carbocycles. The van der Waals surface area contributed by atoms with E-state index in [0.717, 1.165) is 19.5 Å². The Morgan fingerprint density at radius 3 is 2.68 bits per heavy atom. The number of nitrogens with one attached hydrogen (secondary N) is 1. The summed E-state index contributed by atoms with van der Waals surface area (Å²) in [6.45, 7) is 4.42. The first-order chi connectivity index (χ1) is 10.9. The molecule has 2 aromatic rings. The Labute approximate surface area is 133 Å². The molecule has 4 rings (SSSR count). The summed E-state index contributed by atoms with van der Waals surface area (Å²) in [7, 11) is 0. The second-order valence-electron chi connectivity index (χ2n) is 6.49. The summed E-state index contributed by atoms with van der Waals surface area (Å²) in [5.74, 6) is 0. The molecule has 0 amide bonds. The van der Waals surface area contributed by atoms with E-state index in [0.29, 0.717) is 12.1 Å². The maximum Gasteiger partial charge on any atom is 0.0560 e. The number of piperidine rings is 1. The van der Waals surface area contributed by atoms with Gasteiger partial charge in [0.2, 0.25) is 0 Å². The average Bonchev–Trinajstić information content (AvgIpc) is 2.69. The third kappa shape index (κ3) is 2.32. The fourth-order valence-corrected chi connectivity index (χ4v) is 4.19. The van der Waals surface area contributed by atoms with Crippen molar-refractivity contribution in [2.45, 2.75) is 38.3 Å². The molecule has 2 aliphatic heterocycles. The largest absolute Gasteiger partial charge is 0.364 e. The Hall–Kier alpha value is -1.80. The molecular weight excluding hydrogens is 268 g/mol. The smallest absolute Gasteiger partial charge is 0.0560 e. The van der Waals surface area contributed by atoms with Gasteiger partial charge in [0.25, 0.3) is 0 Å². The number of hydrogen-bond donors (Lipinski definition) is 1. The lowest BCUT2D eigenvalue weighted by Gasteiger charge is -2.41. The van der Waals surface area contributed by atoms with Gasteiger partial charge in [0.1, 0.15) is 0 Å². The number of nitrogens with zero attached hydrogens (tertiary/aromatic N) is 1. The van der Waals surface area contributed by atoms with Gasteiger partial charge in [-0.05, 0) is 48.6 Å². The third-order valence-electron chi connectivity index (χ3n) is 5.19. The molecule has 2 unspecified atom stereocenters. The molecule has 114 valence electrons. The molecule has 22 heavy (non-hydrogen) atoms. The molecule has 0 bridgehead atoms. The van der Waals surface area contributed by atoms with Crippen LogP contribution in [0.25, 0.3) is 0 Å². The van der Waals surface area contributed by atoms with Crippen LogP contribution in [0.15, 0.2) is 48.5 Å². The fourth-order valence-electron chi connectivity index (χ4n) is 4.19. The standard InChI is InChI=1S/C20H24N2/c1-2-21-17-11-12-22-19-10-6-4-8-16(19)13-15-7-3-5-9-18(15)20(22)14-17/h3-10,17,20-21H,2,11-14H2,1H3. The third-order valence-corrected chi connectivity index (χ3v) is 5.19. The van der Waals surface area contributed by atoms with Gasteiger partial charge >= 0.3 is 0 Å². The molecule has 1 fully saturated rings. The molecule has 0 spiro atoms. The first-order valence-electron chi connectivity index (χ1n) is 8.52. The van der Waals surface area contributed by atoms with Gasteiger partial charge in [-0.25, -0.2) is 0 Å². The summed E-state index contributed by atoms with van der Waals surface area (Å²) in [5.41, 5.74) is 5.94. The highest BCUT2D eigenvalue weighted by Crippen LogP contribution is 2.41. The van der Waals surface area contributed by atoms with Gasteiger partial charge in [-0.3, -0.25) is 0 Å². The van der Waals surface area contributed by atoms with E-state index in [1.165, 1.54) is 35.2 Å². The Morgan fingerprint density at radius 1 is 1.05 bits per heavy atom. The van der Waals surface area contributed by atoms with Crippen molar-refractivity contribution in [3.8, 4) is 0 Å². The Bertz CT molecular complexity index is 664. The SMILES string of the molecule is CCNC1CCN2c3ccccc3Cc3ccccc3C2C1. The van der Waals surface area contributed by atoms with Crippen molar-refractivity contribution >= 4 is 5.69 Å². The first-order valence-corrected chi connectivity index (χ1v) is 8.52. The van der Waals surface area contributed by atoms with E-state index >= 15 is 0 Å². The molecule has 2 heterocycles. The van der Waals surface area contributed by atoms with Crippen LogP contribution in [0.2, 0.25) is 0 Å². The van der Waals surface area contributed by atoms with Crippen molar-refractivity contribution in [3.05, 3.63) is 65.2 Å². The molecular formula is C20H24N2. The highest BCUT2D eigenvalue weighted by Gasteiger charge is 2.33. The molecule has 1 N–H and O–H groups in total. The lowest BCUT2D eigenvalue weighted by atomic mass is 9.89. The number of benzene rings is 2. The number of fused-ring (bicyclic) bond motifs is 5. The maximum absolute atomic E-state index is 3.67. The normalized spacial score (nSPS) is 23.2.